The third-order valence-corrected chi connectivity index (χ3v) is 8.90. The lowest BCUT2D eigenvalue weighted by atomic mass is 9.83. The number of ether oxygens (including phenoxy) is 2. The summed E-state index contributed by atoms with van der Waals surface area (Å²) in [5.74, 6) is 1.32. The van der Waals surface area contributed by atoms with Crippen molar-refractivity contribution in [2.75, 3.05) is 50.7 Å². The Hall–Kier alpha value is -3.17. The van der Waals surface area contributed by atoms with Gasteiger partial charge in [-0.1, -0.05) is 19.3 Å². The van der Waals surface area contributed by atoms with Gasteiger partial charge in [0, 0.05) is 63.3 Å². The van der Waals surface area contributed by atoms with E-state index in [-0.39, 0.29) is 30.6 Å². The molecular formula is C32H41FN4O4. The zero-order valence-electron chi connectivity index (χ0n) is 23.7. The van der Waals surface area contributed by atoms with Crippen LogP contribution in [-0.2, 0) is 4.79 Å². The SMILES string of the molecule is O=C(c1ccc(O[C@H]2CCNC2)c(C2CCCCC2)c1)N1CCC(Oc2cc(F)cc(N3CCNCC3=O)c2)CC1. The van der Waals surface area contributed by atoms with Gasteiger partial charge < -0.3 is 29.9 Å². The first kappa shape index (κ1) is 28.0. The maximum Gasteiger partial charge on any atom is 0.253 e. The van der Waals surface area contributed by atoms with Gasteiger partial charge >= 0.3 is 0 Å². The molecule has 1 saturated carbocycles. The van der Waals surface area contributed by atoms with Crippen molar-refractivity contribution in [3.05, 3.63) is 53.3 Å². The Kier molecular flexibility index (Phi) is 8.72. The Bertz CT molecular complexity index is 1240. The number of hydrogen-bond acceptors (Lipinski definition) is 6. The molecule has 2 N–H and O–H groups in total. The Morgan fingerprint density at radius 2 is 1.68 bits per heavy atom. The normalized spacial score (nSPS) is 22.7. The molecule has 41 heavy (non-hydrogen) atoms. The summed E-state index contributed by atoms with van der Waals surface area (Å²) < 4.78 is 27.0. The number of amides is 2. The minimum atomic E-state index is -0.429. The number of halogens is 1. The molecule has 0 spiro atoms. The predicted octanol–water partition coefficient (Wildman–Crippen LogP) is 4.23. The zero-order valence-corrected chi connectivity index (χ0v) is 23.7. The molecular weight excluding hydrogens is 523 g/mol. The van der Waals surface area contributed by atoms with E-state index < -0.39 is 5.82 Å². The fourth-order valence-electron chi connectivity index (χ4n) is 6.63. The van der Waals surface area contributed by atoms with E-state index in [0.29, 0.717) is 56.4 Å². The lowest BCUT2D eigenvalue weighted by Gasteiger charge is -2.33. The number of piperazine rings is 1. The molecule has 1 aliphatic carbocycles. The van der Waals surface area contributed by atoms with Gasteiger partial charge in [0.1, 0.15) is 29.5 Å². The average molecular weight is 565 g/mol. The first-order valence-electron chi connectivity index (χ1n) is 15.3. The highest BCUT2D eigenvalue weighted by atomic mass is 19.1. The molecule has 3 heterocycles. The van der Waals surface area contributed by atoms with Gasteiger partial charge in [0.05, 0.1) is 12.2 Å². The van der Waals surface area contributed by atoms with Crippen molar-refractivity contribution in [1.82, 2.24) is 15.5 Å². The molecule has 0 bridgehead atoms. The fourth-order valence-corrected chi connectivity index (χ4v) is 6.63. The van der Waals surface area contributed by atoms with Crippen molar-refractivity contribution < 1.29 is 23.5 Å². The van der Waals surface area contributed by atoms with E-state index in [1.54, 1.807) is 11.0 Å². The van der Waals surface area contributed by atoms with Gasteiger partial charge in [0.2, 0.25) is 5.91 Å². The summed E-state index contributed by atoms with van der Waals surface area (Å²) in [7, 11) is 0. The van der Waals surface area contributed by atoms with E-state index in [2.05, 4.69) is 16.7 Å². The third-order valence-electron chi connectivity index (χ3n) is 8.90. The minimum absolute atomic E-state index is 0.0415. The highest BCUT2D eigenvalue weighted by Gasteiger charge is 2.28. The van der Waals surface area contributed by atoms with Gasteiger partial charge in [0.15, 0.2) is 0 Å². The van der Waals surface area contributed by atoms with Crippen LogP contribution in [0.25, 0.3) is 0 Å². The zero-order chi connectivity index (χ0) is 28.2. The molecule has 0 unspecified atom stereocenters. The number of nitrogens with one attached hydrogen (secondary N) is 2. The summed E-state index contributed by atoms with van der Waals surface area (Å²) in [5.41, 5.74) is 2.42. The molecule has 4 aliphatic rings. The van der Waals surface area contributed by atoms with Crippen molar-refractivity contribution in [2.24, 2.45) is 0 Å². The van der Waals surface area contributed by atoms with Crippen LogP contribution in [0.2, 0.25) is 0 Å². The topological polar surface area (TPSA) is 83.1 Å². The molecule has 6 rings (SSSR count). The predicted molar refractivity (Wildman–Crippen MR) is 155 cm³/mol. The summed E-state index contributed by atoms with van der Waals surface area (Å²) in [6.45, 7) is 4.41. The largest absolute Gasteiger partial charge is 0.490 e. The van der Waals surface area contributed by atoms with Crippen LogP contribution in [0, 0.1) is 5.82 Å². The van der Waals surface area contributed by atoms with Gasteiger partial charge in [0.25, 0.3) is 5.91 Å². The van der Waals surface area contributed by atoms with Crippen molar-refractivity contribution in [3.8, 4) is 11.5 Å². The maximum atomic E-state index is 14.4. The quantitative estimate of drug-likeness (QED) is 0.524. The summed E-state index contributed by atoms with van der Waals surface area (Å²) >= 11 is 0. The van der Waals surface area contributed by atoms with E-state index in [0.717, 1.165) is 43.7 Å². The van der Waals surface area contributed by atoms with Crippen LogP contribution < -0.4 is 25.0 Å². The van der Waals surface area contributed by atoms with Crippen molar-refractivity contribution >= 4 is 17.5 Å². The number of carbonyl (C=O) groups excluding carboxylic acids is 2. The monoisotopic (exact) mass is 564 g/mol. The molecule has 0 radical (unpaired) electrons. The van der Waals surface area contributed by atoms with E-state index in [4.69, 9.17) is 9.47 Å². The summed E-state index contributed by atoms with van der Waals surface area (Å²) in [6, 6.07) is 10.5. The second-order valence-corrected chi connectivity index (χ2v) is 11.8. The molecule has 4 fully saturated rings. The number of carbonyl (C=O) groups is 2. The molecule has 3 aliphatic heterocycles. The Morgan fingerprint density at radius 3 is 2.44 bits per heavy atom. The lowest BCUT2D eigenvalue weighted by Crippen LogP contribution is -2.48. The molecule has 2 aromatic carbocycles. The van der Waals surface area contributed by atoms with Crippen LogP contribution in [-0.4, -0.2) is 74.7 Å². The fraction of sp³-hybridized carbons (Fsp3) is 0.562. The summed E-state index contributed by atoms with van der Waals surface area (Å²) in [6.07, 6.45) is 8.40. The summed E-state index contributed by atoms with van der Waals surface area (Å²) in [5, 5.41) is 6.41. The van der Waals surface area contributed by atoms with Crippen LogP contribution in [0.5, 0.6) is 11.5 Å². The van der Waals surface area contributed by atoms with Gasteiger partial charge in [-0.2, -0.15) is 0 Å². The van der Waals surface area contributed by atoms with Crippen molar-refractivity contribution in [2.45, 2.75) is 69.5 Å². The number of likely N-dealkylation sites (tertiary alicyclic amines) is 1. The Morgan fingerprint density at radius 1 is 0.854 bits per heavy atom. The van der Waals surface area contributed by atoms with Crippen LogP contribution in [0.4, 0.5) is 10.1 Å². The smallest absolute Gasteiger partial charge is 0.253 e. The second kappa shape index (κ2) is 12.8. The summed E-state index contributed by atoms with van der Waals surface area (Å²) in [4.78, 5) is 29.4. The van der Waals surface area contributed by atoms with Crippen LogP contribution in [0.3, 0.4) is 0 Å². The van der Waals surface area contributed by atoms with E-state index in [1.165, 1.54) is 37.0 Å². The number of piperidine rings is 1. The van der Waals surface area contributed by atoms with Crippen LogP contribution in [0.1, 0.15) is 73.2 Å². The highest BCUT2D eigenvalue weighted by Crippen LogP contribution is 2.39. The van der Waals surface area contributed by atoms with Gasteiger partial charge in [-0.15, -0.1) is 0 Å². The third kappa shape index (κ3) is 6.67. The first-order chi connectivity index (χ1) is 20.0. The molecule has 2 amide bonds. The first-order valence-corrected chi connectivity index (χ1v) is 15.3. The molecule has 9 heteroatoms. The molecule has 220 valence electrons. The van der Waals surface area contributed by atoms with E-state index in [9.17, 15) is 14.0 Å². The van der Waals surface area contributed by atoms with Gasteiger partial charge in [-0.05, 0) is 61.6 Å². The van der Waals surface area contributed by atoms with Crippen LogP contribution >= 0.6 is 0 Å². The van der Waals surface area contributed by atoms with Crippen molar-refractivity contribution in [3.63, 3.8) is 0 Å². The second-order valence-electron chi connectivity index (χ2n) is 11.8. The van der Waals surface area contributed by atoms with Crippen molar-refractivity contribution in [1.29, 1.82) is 0 Å². The van der Waals surface area contributed by atoms with Gasteiger partial charge in [-0.25, -0.2) is 4.39 Å². The molecule has 0 aromatic heterocycles. The molecule has 2 aromatic rings. The Labute approximate surface area is 241 Å². The molecule has 3 saturated heterocycles. The lowest BCUT2D eigenvalue weighted by molar-refractivity contribution is -0.118. The number of anilines is 1. The van der Waals surface area contributed by atoms with Crippen LogP contribution in [0.15, 0.2) is 36.4 Å². The Balaban J connectivity index is 1.10. The number of nitrogens with zero attached hydrogens (tertiary/aromatic N) is 2. The van der Waals surface area contributed by atoms with Gasteiger partial charge in [-0.3, -0.25) is 9.59 Å². The maximum absolute atomic E-state index is 14.4. The van der Waals surface area contributed by atoms with E-state index >= 15 is 0 Å². The average Bonchev–Trinajstić information content (AvgIpc) is 3.51. The number of rotatable bonds is 7. The van der Waals surface area contributed by atoms with E-state index in [1.807, 2.05) is 17.0 Å². The molecule has 1 atom stereocenters. The number of hydrogen-bond donors (Lipinski definition) is 2. The molecule has 8 nitrogen and oxygen atoms in total. The standard InChI is InChI=1S/C32H41FN4O4/c33-24-17-25(37-15-12-35-21-31(37)38)19-28(18-24)40-26-9-13-36(14-10-26)32(39)23-6-7-30(41-27-8-11-34-20-27)29(16-23)22-4-2-1-3-5-22/h6-7,16-19,22,26-27,34-35H,1-5,8-15,20-21H2/t27-/m0/s1. The number of benzene rings is 2. The highest BCUT2D eigenvalue weighted by molar-refractivity contribution is 5.96. The minimum Gasteiger partial charge on any atom is -0.490 e.